The van der Waals surface area contributed by atoms with Crippen LogP contribution in [0.25, 0.3) is 0 Å². The highest BCUT2D eigenvalue weighted by atomic mass is 16.5. The monoisotopic (exact) mass is 187 g/mol. The fraction of sp³-hybridized carbons (Fsp3) is 0.875. The smallest absolute Gasteiger partial charge is 0.191 e. The van der Waals surface area contributed by atoms with Crippen LogP contribution < -0.4 is 10.6 Å². The van der Waals surface area contributed by atoms with Gasteiger partial charge in [0.15, 0.2) is 5.96 Å². The first-order valence-corrected chi connectivity index (χ1v) is 4.51. The minimum absolute atomic E-state index is 0.138. The Hall–Kier alpha value is -0.810. The fourth-order valence-electron chi connectivity index (χ4n) is 1.24. The highest BCUT2D eigenvalue weighted by Crippen LogP contribution is 1.93. The number of aliphatic hydroxyl groups is 1. The SMILES string of the molecule is COCC(CCO)NC1=NCCN1. The summed E-state index contributed by atoms with van der Waals surface area (Å²) < 4.78 is 5.01. The molecule has 0 saturated carbocycles. The molecule has 0 aromatic rings. The lowest BCUT2D eigenvalue weighted by Gasteiger charge is -2.17. The van der Waals surface area contributed by atoms with E-state index in [9.17, 15) is 0 Å². The summed E-state index contributed by atoms with van der Waals surface area (Å²) in [5.74, 6) is 0.815. The molecule has 0 amide bonds. The molecule has 0 fully saturated rings. The number of aliphatic imine (C=N–C) groups is 1. The van der Waals surface area contributed by atoms with Crippen LogP contribution in [0.15, 0.2) is 4.99 Å². The van der Waals surface area contributed by atoms with Crippen LogP contribution in [0, 0.1) is 0 Å². The van der Waals surface area contributed by atoms with Crippen LogP contribution in [-0.4, -0.2) is 50.5 Å². The predicted molar refractivity (Wildman–Crippen MR) is 50.8 cm³/mol. The Kier molecular flexibility index (Phi) is 4.56. The summed E-state index contributed by atoms with van der Waals surface area (Å²) >= 11 is 0. The van der Waals surface area contributed by atoms with Gasteiger partial charge < -0.3 is 20.5 Å². The van der Waals surface area contributed by atoms with Gasteiger partial charge in [0.2, 0.25) is 0 Å². The summed E-state index contributed by atoms with van der Waals surface area (Å²) in [6, 6.07) is 0.138. The van der Waals surface area contributed by atoms with Crippen molar-refractivity contribution in [2.75, 3.05) is 33.4 Å². The maximum atomic E-state index is 8.78. The minimum Gasteiger partial charge on any atom is -0.396 e. The molecule has 5 nitrogen and oxygen atoms in total. The number of nitrogens with zero attached hydrogens (tertiary/aromatic N) is 1. The van der Waals surface area contributed by atoms with Gasteiger partial charge in [-0.3, -0.25) is 4.99 Å². The molecule has 0 aliphatic carbocycles. The molecule has 13 heavy (non-hydrogen) atoms. The van der Waals surface area contributed by atoms with E-state index >= 15 is 0 Å². The van der Waals surface area contributed by atoms with Crippen LogP contribution in [0.1, 0.15) is 6.42 Å². The predicted octanol–water partition coefficient (Wildman–Crippen LogP) is -1.07. The van der Waals surface area contributed by atoms with Crippen molar-refractivity contribution < 1.29 is 9.84 Å². The largest absolute Gasteiger partial charge is 0.396 e. The van der Waals surface area contributed by atoms with Crippen molar-refractivity contribution in [2.45, 2.75) is 12.5 Å². The number of ether oxygens (including phenoxy) is 1. The number of aliphatic hydroxyl groups excluding tert-OH is 1. The van der Waals surface area contributed by atoms with Gasteiger partial charge >= 0.3 is 0 Å². The standard InChI is InChI=1S/C8H17N3O2/c1-13-6-7(2-5-12)11-8-9-3-4-10-8/h7,12H,2-6H2,1H3,(H2,9,10,11). The number of hydrogen-bond acceptors (Lipinski definition) is 5. The Balaban J connectivity index is 2.27. The fourth-order valence-corrected chi connectivity index (χ4v) is 1.24. The zero-order valence-electron chi connectivity index (χ0n) is 7.92. The van der Waals surface area contributed by atoms with Crippen molar-refractivity contribution in [2.24, 2.45) is 4.99 Å². The molecule has 0 radical (unpaired) electrons. The third-order valence-corrected chi connectivity index (χ3v) is 1.86. The van der Waals surface area contributed by atoms with Gasteiger partial charge in [-0.15, -0.1) is 0 Å². The second-order valence-electron chi connectivity index (χ2n) is 2.97. The molecule has 1 unspecified atom stereocenters. The van der Waals surface area contributed by atoms with Gasteiger partial charge in [0, 0.05) is 20.3 Å². The summed E-state index contributed by atoms with van der Waals surface area (Å²) in [5, 5.41) is 15.1. The zero-order chi connectivity index (χ0) is 9.52. The lowest BCUT2D eigenvalue weighted by atomic mass is 10.2. The molecule has 3 N–H and O–H groups in total. The van der Waals surface area contributed by atoms with Crippen LogP contribution >= 0.6 is 0 Å². The van der Waals surface area contributed by atoms with E-state index in [0.717, 1.165) is 19.0 Å². The number of guanidine groups is 1. The van der Waals surface area contributed by atoms with Crippen molar-refractivity contribution in [3.05, 3.63) is 0 Å². The Morgan fingerprint density at radius 2 is 2.62 bits per heavy atom. The molecule has 0 saturated heterocycles. The summed E-state index contributed by atoms with van der Waals surface area (Å²) in [4.78, 5) is 4.20. The van der Waals surface area contributed by atoms with E-state index in [2.05, 4.69) is 15.6 Å². The van der Waals surface area contributed by atoms with E-state index in [4.69, 9.17) is 9.84 Å². The Morgan fingerprint density at radius 3 is 3.15 bits per heavy atom. The van der Waals surface area contributed by atoms with Gasteiger partial charge in [0.05, 0.1) is 19.2 Å². The van der Waals surface area contributed by atoms with Crippen LogP contribution in [0.4, 0.5) is 0 Å². The van der Waals surface area contributed by atoms with Crippen LogP contribution in [0.2, 0.25) is 0 Å². The molecule has 1 rings (SSSR count). The molecule has 5 heteroatoms. The molecule has 1 aliphatic heterocycles. The molecular formula is C8H17N3O2. The minimum atomic E-state index is 0.138. The van der Waals surface area contributed by atoms with Crippen LogP contribution in [0.3, 0.4) is 0 Å². The van der Waals surface area contributed by atoms with Crippen molar-refractivity contribution in [3.63, 3.8) is 0 Å². The highest BCUT2D eigenvalue weighted by molar-refractivity contribution is 5.81. The summed E-state index contributed by atoms with van der Waals surface area (Å²) in [7, 11) is 1.65. The Labute approximate surface area is 78.2 Å². The van der Waals surface area contributed by atoms with Crippen molar-refractivity contribution >= 4 is 5.96 Å². The quantitative estimate of drug-likeness (QED) is 0.513. The summed E-state index contributed by atoms with van der Waals surface area (Å²) in [6.45, 7) is 2.46. The molecule has 1 aliphatic rings. The second kappa shape index (κ2) is 5.77. The van der Waals surface area contributed by atoms with Gasteiger partial charge in [-0.2, -0.15) is 0 Å². The normalized spacial score (nSPS) is 17.8. The molecule has 76 valence electrons. The Bertz CT molecular complexity index is 167. The lowest BCUT2D eigenvalue weighted by Crippen LogP contribution is -2.43. The molecule has 0 aromatic heterocycles. The van der Waals surface area contributed by atoms with Gasteiger partial charge in [-0.25, -0.2) is 0 Å². The van der Waals surface area contributed by atoms with E-state index in [1.165, 1.54) is 0 Å². The first kappa shape index (κ1) is 10.3. The van der Waals surface area contributed by atoms with Gasteiger partial charge in [0.25, 0.3) is 0 Å². The van der Waals surface area contributed by atoms with E-state index in [1.54, 1.807) is 7.11 Å². The topological polar surface area (TPSA) is 65.9 Å². The maximum absolute atomic E-state index is 8.78. The highest BCUT2D eigenvalue weighted by Gasteiger charge is 2.11. The van der Waals surface area contributed by atoms with Crippen molar-refractivity contribution in [1.82, 2.24) is 10.6 Å². The maximum Gasteiger partial charge on any atom is 0.191 e. The number of methoxy groups -OCH3 is 1. The Morgan fingerprint density at radius 1 is 1.77 bits per heavy atom. The van der Waals surface area contributed by atoms with Crippen molar-refractivity contribution in [1.29, 1.82) is 0 Å². The number of rotatable bonds is 5. The average Bonchev–Trinajstić information content (AvgIpc) is 2.58. The van der Waals surface area contributed by atoms with Gasteiger partial charge in [-0.05, 0) is 6.42 Å². The third kappa shape index (κ3) is 3.61. The first-order valence-electron chi connectivity index (χ1n) is 4.51. The van der Waals surface area contributed by atoms with Gasteiger partial charge in [0.1, 0.15) is 0 Å². The van der Waals surface area contributed by atoms with Gasteiger partial charge in [-0.1, -0.05) is 0 Å². The van der Waals surface area contributed by atoms with E-state index in [0.29, 0.717) is 13.0 Å². The van der Waals surface area contributed by atoms with Crippen LogP contribution in [-0.2, 0) is 4.74 Å². The summed E-state index contributed by atoms with van der Waals surface area (Å²) in [6.07, 6.45) is 0.675. The zero-order valence-corrected chi connectivity index (χ0v) is 7.92. The molecular weight excluding hydrogens is 170 g/mol. The first-order chi connectivity index (χ1) is 6.36. The summed E-state index contributed by atoms with van der Waals surface area (Å²) in [5.41, 5.74) is 0. The molecule has 1 atom stereocenters. The lowest BCUT2D eigenvalue weighted by molar-refractivity contribution is 0.156. The molecule has 0 bridgehead atoms. The average molecular weight is 187 g/mol. The van der Waals surface area contributed by atoms with E-state index in [1.807, 2.05) is 0 Å². The number of nitrogens with one attached hydrogen (secondary N) is 2. The second-order valence-corrected chi connectivity index (χ2v) is 2.97. The van der Waals surface area contributed by atoms with Crippen LogP contribution in [0.5, 0.6) is 0 Å². The molecule has 0 aromatic carbocycles. The van der Waals surface area contributed by atoms with E-state index in [-0.39, 0.29) is 12.6 Å². The van der Waals surface area contributed by atoms with E-state index < -0.39 is 0 Å². The van der Waals surface area contributed by atoms with Crippen molar-refractivity contribution in [3.8, 4) is 0 Å². The number of hydrogen-bond donors (Lipinski definition) is 3. The third-order valence-electron chi connectivity index (χ3n) is 1.86. The molecule has 0 spiro atoms. The molecule has 1 heterocycles.